The van der Waals surface area contributed by atoms with Crippen LogP contribution in [-0.2, 0) is 4.79 Å². The number of hydrogen-bond donors (Lipinski definition) is 3. The fourth-order valence-corrected chi connectivity index (χ4v) is 1.26. The Hall–Kier alpha value is 0.0700. The molecule has 0 fully saturated rings. The number of carboxylic acids is 1. The van der Waals surface area contributed by atoms with Gasteiger partial charge in [0.15, 0.2) is 0 Å². The standard InChI is InChI=1S/C8H17NO2S.ClH/c1-4-5(2)8(3,12)6(9)7(10)11;/h5-6,12H,4,9H2,1-3H3,(H,10,11);1H. The summed E-state index contributed by atoms with van der Waals surface area (Å²) in [5.74, 6) is -0.806. The molecular formula is C8H18ClNO2S. The summed E-state index contributed by atoms with van der Waals surface area (Å²) in [7, 11) is 0. The van der Waals surface area contributed by atoms with Crippen LogP contribution < -0.4 is 5.73 Å². The Morgan fingerprint density at radius 2 is 2.08 bits per heavy atom. The van der Waals surface area contributed by atoms with E-state index in [0.717, 1.165) is 6.42 Å². The molecule has 0 saturated heterocycles. The molecule has 5 heteroatoms. The number of halogens is 1. The van der Waals surface area contributed by atoms with E-state index in [0.29, 0.717) is 0 Å². The van der Waals surface area contributed by atoms with Crippen LogP contribution in [0.1, 0.15) is 27.2 Å². The van der Waals surface area contributed by atoms with Gasteiger partial charge in [0.2, 0.25) is 0 Å². The number of nitrogens with two attached hydrogens (primary N) is 1. The monoisotopic (exact) mass is 227 g/mol. The maximum absolute atomic E-state index is 10.6. The van der Waals surface area contributed by atoms with E-state index < -0.39 is 16.8 Å². The van der Waals surface area contributed by atoms with E-state index in [-0.39, 0.29) is 18.3 Å². The molecule has 0 bridgehead atoms. The van der Waals surface area contributed by atoms with Crippen LogP contribution in [-0.4, -0.2) is 21.9 Å². The number of thiol groups is 1. The maximum atomic E-state index is 10.6. The van der Waals surface area contributed by atoms with E-state index in [1.165, 1.54) is 0 Å². The largest absolute Gasteiger partial charge is 0.480 e. The highest BCUT2D eigenvalue weighted by molar-refractivity contribution is 7.81. The molecule has 0 spiro atoms. The molecule has 3 N–H and O–H groups in total. The van der Waals surface area contributed by atoms with Crippen molar-refractivity contribution in [3.8, 4) is 0 Å². The van der Waals surface area contributed by atoms with E-state index in [9.17, 15) is 4.79 Å². The lowest BCUT2D eigenvalue weighted by molar-refractivity contribution is -0.139. The first-order valence-corrected chi connectivity index (χ1v) is 4.49. The van der Waals surface area contributed by atoms with Crippen molar-refractivity contribution < 1.29 is 9.90 Å². The van der Waals surface area contributed by atoms with E-state index in [1.54, 1.807) is 6.92 Å². The lowest BCUT2D eigenvalue weighted by Gasteiger charge is -2.33. The van der Waals surface area contributed by atoms with Crippen molar-refractivity contribution in [3.63, 3.8) is 0 Å². The average Bonchev–Trinajstić information content (AvgIpc) is 2.01. The van der Waals surface area contributed by atoms with E-state index >= 15 is 0 Å². The van der Waals surface area contributed by atoms with Gasteiger partial charge in [0.1, 0.15) is 6.04 Å². The van der Waals surface area contributed by atoms with Crippen LogP contribution in [0.5, 0.6) is 0 Å². The van der Waals surface area contributed by atoms with Gasteiger partial charge in [0.05, 0.1) is 0 Å². The summed E-state index contributed by atoms with van der Waals surface area (Å²) in [6, 6.07) is -0.907. The predicted molar refractivity (Wildman–Crippen MR) is 59.7 cm³/mol. The molecule has 0 aromatic rings. The molecule has 0 aliphatic heterocycles. The van der Waals surface area contributed by atoms with Crippen LogP contribution in [0.3, 0.4) is 0 Å². The topological polar surface area (TPSA) is 63.3 Å². The van der Waals surface area contributed by atoms with Gasteiger partial charge in [-0.3, -0.25) is 4.79 Å². The Morgan fingerprint density at radius 3 is 2.31 bits per heavy atom. The number of aliphatic carboxylic acids is 1. The molecule has 0 aromatic heterocycles. The molecule has 0 aromatic carbocycles. The highest BCUT2D eigenvalue weighted by atomic mass is 35.5. The Kier molecular flexibility index (Phi) is 6.85. The summed E-state index contributed by atoms with van der Waals surface area (Å²) in [5.41, 5.74) is 5.49. The summed E-state index contributed by atoms with van der Waals surface area (Å²) in [5, 5.41) is 8.69. The van der Waals surface area contributed by atoms with E-state index in [1.807, 2.05) is 13.8 Å². The average molecular weight is 228 g/mol. The van der Waals surface area contributed by atoms with Crippen LogP contribution in [0.4, 0.5) is 0 Å². The highest BCUT2D eigenvalue weighted by Crippen LogP contribution is 2.29. The van der Waals surface area contributed by atoms with Gasteiger partial charge < -0.3 is 10.8 Å². The molecule has 13 heavy (non-hydrogen) atoms. The molecule has 3 nitrogen and oxygen atoms in total. The number of carboxylic acid groups (broad SMARTS) is 1. The van der Waals surface area contributed by atoms with Gasteiger partial charge >= 0.3 is 5.97 Å². The lowest BCUT2D eigenvalue weighted by Crippen LogP contribution is -2.50. The maximum Gasteiger partial charge on any atom is 0.321 e. The first kappa shape index (κ1) is 15.5. The molecule has 0 radical (unpaired) electrons. The predicted octanol–water partition coefficient (Wildman–Crippen LogP) is 1.55. The van der Waals surface area contributed by atoms with Gasteiger partial charge in [-0.15, -0.1) is 12.4 Å². The van der Waals surface area contributed by atoms with Crippen LogP contribution >= 0.6 is 25.0 Å². The summed E-state index contributed by atoms with van der Waals surface area (Å²) < 4.78 is -0.638. The molecule has 80 valence electrons. The Labute approximate surface area is 90.9 Å². The molecule has 3 unspecified atom stereocenters. The minimum absolute atomic E-state index is 0. The first-order valence-electron chi connectivity index (χ1n) is 4.04. The number of rotatable bonds is 4. The summed E-state index contributed by atoms with van der Waals surface area (Å²) >= 11 is 4.29. The fourth-order valence-electron chi connectivity index (χ4n) is 0.970. The van der Waals surface area contributed by atoms with E-state index in [4.69, 9.17) is 10.8 Å². The van der Waals surface area contributed by atoms with Gasteiger partial charge in [0.25, 0.3) is 0 Å². The van der Waals surface area contributed by atoms with Gasteiger partial charge in [-0.1, -0.05) is 20.3 Å². The fraction of sp³-hybridized carbons (Fsp3) is 0.875. The van der Waals surface area contributed by atoms with Crippen molar-refractivity contribution in [2.75, 3.05) is 0 Å². The number of carbonyl (C=O) groups is 1. The van der Waals surface area contributed by atoms with Gasteiger partial charge in [0, 0.05) is 4.75 Å². The Balaban J connectivity index is 0. The SMILES string of the molecule is CCC(C)C(C)(S)C(N)C(=O)O.Cl. The smallest absolute Gasteiger partial charge is 0.321 e. The number of hydrogen-bond acceptors (Lipinski definition) is 3. The third-order valence-electron chi connectivity index (χ3n) is 2.51. The Morgan fingerprint density at radius 1 is 1.69 bits per heavy atom. The molecule has 0 aliphatic rings. The third-order valence-corrected chi connectivity index (χ3v) is 3.22. The minimum atomic E-state index is -0.993. The quantitative estimate of drug-likeness (QED) is 0.639. The molecule has 0 amide bonds. The van der Waals surface area contributed by atoms with Crippen molar-refractivity contribution in [3.05, 3.63) is 0 Å². The van der Waals surface area contributed by atoms with Gasteiger partial charge in [-0.25, -0.2) is 0 Å². The minimum Gasteiger partial charge on any atom is -0.480 e. The molecule has 0 aliphatic carbocycles. The third kappa shape index (κ3) is 3.75. The van der Waals surface area contributed by atoms with Gasteiger partial charge in [-0.2, -0.15) is 12.6 Å². The van der Waals surface area contributed by atoms with Crippen molar-refractivity contribution in [2.45, 2.75) is 38.0 Å². The highest BCUT2D eigenvalue weighted by Gasteiger charge is 2.37. The van der Waals surface area contributed by atoms with Crippen LogP contribution in [0.2, 0.25) is 0 Å². The first-order chi connectivity index (χ1) is 5.34. The second kappa shape index (κ2) is 5.73. The van der Waals surface area contributed by atoms with Gasteiger partial charge in [-0.05, 0) is 12.8 Å². The molecule has 0 rings (SSSR count). The molecule has 0 heterocycles. The second-order valence-electron chi connectivity index (χ2n) is 3.35. The zero-order chi connectivity index (χ0) is 9.94. The van der Waals surface area contributed by atoms with Crippen molar-refractivity contribution in [1.82, 2.24) is 0 Å². The van der Waals surface area contributed by atoms with Crippen LogP contribution in [0.25, 0.3) is 0 Å². The van der Waals surface area contributed by atoms with Crippen LogP contribution in [0.15, 0.2) is 0 Å². The van der Waals surface area contributed by atoms with Crippen molar-refractivity contribution in [1.29, 1.82) is 0 Å². The summed E-state index contributed by atoms with van der Waals surface area (Å²) in [6.07, 6.45) is 0.876. The molecule has 3 atom stereocenters. The van der Waals surface area contributed by atoms with E-state index in [2.05, 4.69) is 12.6 Å². The van der Waals surface area contributed by atoms with Crippen LogP contribution in [0, 0.1) is 5.92 Å². The molecular weight excluding hydrogens is 210 g/mol. The molecule has 0 saturated carbocycles. The summed E-state index contributed by atoms with van der Waals surface area (Å²) in [4.78, 5) is 10.6. The van der Waals surface area contributed by atoms with Crippen molar-refractivity contribution in [2.24, 2.45) is 11.7 Å². The Bertz CT molecular complexity index is 176. The normalized spacial score (nSPS) is 19.5. The second-order valence-corrected chi connectivity index (χ2v) is 4.31. The zero-order valence-corrected chi connectivity index (χ0v) is 9.86. The zero-order valence-electron chi connectivity index (χ0n) is 8.15. The summed E-state index contributed by atoms with van der Waals surface area (Å²) in [6.45, 7) is 5.71. The van der Waals surface area contributed by atoms with Crippen molar-refractivity contribution >= 4 is 31.0 Å². The lowest BCUT2D eigenvalue weighted by atomic mass is 9.86.